The highest BCUT2D eigenvalue weighted by Crippen LogP contribution is 2.20. The molecule has 1 saturated heterocycles. The highest BCUT2D eigenvalue weighted by Gasteiger charge is 2.28. The van der Waals surface area contributed by atoms with Crippen LogP contribution in [0.3, 0.4) is 0 Å². The molecule has 0 saturated carbocycles. The Kier molecular flexibility index (Phi) is 6.61. The van der Waals surface area contributed by atoms with E-state index >= 15 is 0 Å². The molecule has 0 aliphatic carbocycles. The minimum atomic E-state index is -0.574. The zero-order valence-electron chi connectivity index (χ0n) is 12.7. The molecule has 1 heterocycles. The second-order valence-electron chi connectivity index (χ2n) is 6.16. The fourth-order valence-corrected chi connectivity index (χ4v) is 2.64. The molecule has 0 aromatic heterocycles. The van der Waals surface area contributed by atoms with Crippen molar-refractivity contribution < 1.29 is 5.11 Å². The molecule has 0 bridgehead atoms. The van der Waals surface area contributed by atoms with E-state index in [1.807, 2.05) is 6.92 Å². The van der Waals surface area contributed by atoms with E-state index < -0.39 is 5.60 Å². The van der Waals surface area contributed by atoms with Crippen molar-refractivity contribution in [2.24, 2.45) is 5.92 Å². The number of nitrogens with zero attached hydrogens (tertiary/aromatic N) is 1. The Labute approximate surface area is 113 Å². The molecule has 3 nitrogen and oxygen atoms in total. The number of aliphatic hydroxyl groups is 1. The highest BCUT2D eigenvalue weighted by molar-refractivity contribution is 4.84. The first-order chi connectivity index (χ1) is 8.49. The van der Waals surface area contributed by atoms with E-state index in [0.717, 1.165) is 13.0 Å². The molecule has 18 heavy (non-hydrogen) atoms. The molecule has 1 fully saturated rings. The molecule has 0 aromatic carbocycles. The molecule has 0 spiro atoms. The Balaban J connectivity index is 2.25. The molecule has 2 N–H and O–H groups in total. The van der Waals surface area contributed by atoms with Gasteiger partial charge in [-0.2, -0.15) is 0 Å². The highest BCUT2D eigenvalue weighted by atomic mass is 16.3. The minimum absolute atomic E-state index is 0.352. The van der Waals surface area contributed by atoms with Gasteiger partial charge in [0.1, 0.15) is 0 Å². The van der Waals surface area contributed by atoms with E-state index in [1.54, 1.807) is 0 Å². The molecule has 2 atom stereocenters. The molecule has 1 aliphatic rings. The van der Waals surface area contributed by atoms with Crippen LogP contribution in [0.25, 0.3) is 0 Å². The number of hydrogen-bond acceptors (Lipinski definition) is 3. The third kappa shape index (κ3) is 4.87. The number of piperidine rings is 1. The topological polar surface area (TPSA) is 35.5 Å². The Morgan fingerprint density at radius 2 is 1.94 bits per heavy atom. The van der Waals surface area contributed by atoms with Gasteiger partial charge in [-0.1, -0.05) is 27.2 Å². The number of likely N-dealkylation sites (tertiary alicyclic amines) is 1. The number of hydrogen-bond donors (Lipinski definition) is 2. The van der Waals surface area contributed by atoms with Crippen molar-refractivity contribution in [3.05, 3.63) is 0 Å². The van der Waals surface area contributed by atoms with Gasteiger partial charge in [0.2, 0.25) is 0 Å². The van der Waals surface area contributed by atoms with Crippen LogP contribution in [0.4, 0.5) is 0 Å². The van der Waals surface area contributed by atoms with Crippen LogP contribution in [0.5, 0.6) is 0 Å². The lowest BCUT2D eigenvalue weighted by Crippen LogP contribution is -2.49. The van der Waals surface area contributed by atoms with Crippen LogP contribution in [0, 0.1) is 5.92 Å². The summed E-state index contributed by atoms with van der Waals surface area (Å²) in [5, 5.41) is 13.9. The summed E-state index contributed by atoms with van der Waals surface area (Å²) in [5.41, 5.74) is -0.574. The summed E-state index contributed by atoms with van der Waals surface area (Å²) in [6.07, 6.45) is 4.72. The van der Waals surface area contributed by atoms with Crippen LogP contribution in [0.15, 0.2) is 0 Å². The van der Waals surface area contributed by atoms with Crippen LogP contribution >= 0.6 is 0 Å². The Bertz CT molecular complexity index is 223. The van der Waals surface area contributed by atoms with Crippen molar-refractivity contribution in [2.75, 3.05) is 26.2 Å². The lowest BCUT2D eigenvalue weighted by molar-refractivity contribution is 0.00137. The van der Waals surface area contributed by atoms with Crippen LogP contribution in [-0.2, 0) is 0 Å². The second kappa shape index (κ2) is 7.46. The smallest absolute Gasteiger partial charge is 0.0768 e. The Hall–Kier alpha value is -0.120. The Morgan fingerprint density at radius 3 is 2.44 bits per heavy atom. The number of rotatable bonds is 7. The van der Waals surface area contributed by atoms with E-state index in [0.29, 0.717) is 12.0 Å². The molecule has 2 unspecified atom stereocenters. The summed E-state index contributed by atoms with van der Waals surface area (Å²) in [6, 6.07) is 0.591. The third-order valence-corrected chi connectivity index (χ3v) is 4.55. The van der Waals surface area contributed by atoms with Crippen molar-refractivity contribution in [1.29, 1.82) is 0 Å². The normalized spacial score (nSPS) is 23.8. The molecular weight excluding hydrogens is 224 g/mol. The van der Waals surface area contributed by atoms with Crippen LogP contribution in [-0.4, -0.2) is 47.8 Å². The molecule has 1 aliphatic heterocycles. The maximum Gasteiger partial charge on any atom is 0.0768 e. The second-order valence-corrected chi connectivity index (χ2v) is 6.16. The molecule has 0 amide bonds. The van der Waals surface area contributed by atoms with Gasteiger partial charge in [0.25, 0.3) is 0 Å². The molecule has 0 radical (unpaired) electrons. The van der Waals surface area contributed by atoms with E-state index in [4.69, 9.17) is 0 Å². The molecule has 0 aromatic rings. The van der Waals surface area contributed by atoms with Crippen LogP contribution in [0.1, 0.15) is 53.4 Å². The van der Waals surface area contributed by atoms with Crippen LogP contribution < -0.4 is 5.32 Å². The van der Waals surface area contributed by atoms with Crippen molar-refractivity contribution in [3.8, 4) is 0 Å². The zero-order valence-corrected chi connectivity index (χ0v) is 12.7. The van der Waals surface area contributed by atoms with Gasteiger partial charge < -0.3 is 15.3 Å². The van der Waals surface area contributed by atoms with Crippen molar-refractivity contribution in [3.63, 3.8) is 0 Å². The molecule has 1 rings (SSSR count). The summed E-state index contributed by atoms with van der Waals surface area (Å²) < 4.78 is 0. The van der Waals surface area contributed by atoms with Crippen LogP contribution in [0.2, 0.25) is 0 Å². The van der Waals surface area contributed by atoms with Crippen molar-refractivity contribution >= 4 is 0 Å². The summed E-state index contributed by atoms with van der Waals surface area (Å²) in [4.78, 5) is 2.55. The monoisotopic (exact) mass is 256 g/mol. The van der Waals surface area contributed by atoms with Gasteiger partial charge in [0, 0.05) is 12.6 Å². The quantitative estimate of drug-likeness (QED) is 0.733. The van der Waals surface area contributed by atoms with Gasteiger partial charge in [-0.25, -0.2) is 0 Å². The Morgan fingerprint density at radius 1 is 1.33 bits per heavy atom. The fourth-order valence-electron chi connectivity index (χ4n) is 2.64. The first kappa shape index (κ1) is 15.9. The minimum Gasteiger partial charge on any atom is -0.389 e. The van der Waals surface area contributed by atoms with E-state index in [9.17, 15) is 5.11 Å². The third-order valence-electron chi connectivity index (χ3n) is 4.55. The first-order valence-corrected chi connectivity index (χ1v) is 7.67. The van der Waals surface area contributed by atoms with Gasteiger partial charge in [-0.15, -0.1) is 0 Å². The molecule has 108 valence electrons. The SMILES string of the molecule is CCCN1CCC(NCC(C)(O)C(C)CC)CC1. The lowest BCUT2D eigenvalue weighted by atomic mass is 9.88. The standard InChI is InChI=1S/C15H32N2O/c1-5-9-17-10-7-14(8-11-17)16-12-15(4,18)13(3)6-2/h13-14,16,18H,5-12H2,1-4H3. The maximum absolute atomic E-state index is 10.4. The molecule has 3 heteroatoms. The van der Waals surface area contributed by atoms with E-state index in [-0.39, 0.29) is 0 Å². The van der Waals surface area contributed by atoms with Gasteiger partial charge in [0.05, 0.1) is 5.60 Å². The van der Waals surface area contributed by atoms with Gasteiger partial charge >= 0.3 is 0 Å². The van der Waals surface area contributed by atoms with E-state index in [1.165, 1.54) is 38.9 Å². The average Bonchev–Trinajstić information content (AvgIpc) is 2.37. The maximum atomic E-state index is 10.4. The summed E-state index contributed by atoms with van der Waals surface area (Å²) in [6.45, 7) is 12.8. The van der Waals surface area contributed by atoms with Crippen molar-refractivity contribution in [2.45, 2.75) is 65.0 Å². The molecular formula is C15H32N2O. The zero-order chi connectivity index (χ0) is 13.6. The van der Waals surface area contributed by atoms with E-state index in [2.05, 4.69) is 31.0 Å². The predicted octanol–water partition coefficient (Wildman–Crippen LogP) is 2.25. The largest absolute Gasteiger partial charge is 0.389 e. The van der Waals surface area contributed by atoms with Gasteiger partial charge in [-0.3, -0.25) is 0 Å². The van der Waals surface area contributed by atoms with Gasteiger partial charge in [0.15, 0.2) is 0 Å². The summed E-state index contributed by atoms with van der Waals surface area (Å²) in [7, 11) is 0. The summed E-state index contributed by atoms with van der Waals surface area (Å²) >= 11 is 0. The van der Waals surface area contributed by atoms with Crippen molar-refractivity contribution in [1.82, 2.24) is 10.2 Å². The summed E-state index contributed by atoms with van der Waals surface area (Å²) in [5.74, 6) is 0.352. The predicted molar refractivity (Wildman–Crippen MR) is 77.8 cm³/mol. The average molecular weight is 256 g/mol. The fraction of sp³-hybridized carbons (Fsp3) is 1.00. The first-order valence-electron chi connectivity index (χ1n) is 7.67. The van der Waals surface area contributed by atoms with Gasteiger partial charge in [-0.05, 0) is 51.7 Å². The lowest BCUT2D eigenvalue weighted by Gasteiger charge is -2.36. The number of nitrogens with one attached hydrogen (secondary N) is 1.